The predicted molar refractivity (Wildman–Crippen MR) is 34.7 cm³/mol. The van der Waals surface area contributed by atoms with Crippen LogP contribution in [0.15, 0.2) is 0 Å². The van der Waals surface area contributed by atoms with Crippen molar-refractivity contribution in [3.05, 3.63) is 0 Å². The van der Waals surface area contributed by atoms with Crippen molar-refractivity contribution in [2.45, 2.75) is 31.2 Å². The van der Waals surface area contributed by atoms with Crippen LogP contribution in [0.1, 0.15) is 12.8 Å². The Bertz CT molecular complexity index is 112. The van der Waals surface area contributed by atoms with E-state index in [9.17, 15) is 5.11 Å². The Morgan fingerprint density at radius 2 is 1.50 bits per heavy atom. The van der Waals surface area contributed by atoms with Gasteiger partial charge in [0, 0.05) is 12.8 Å². The summed E-state index contributed by atoms with van der Waals surface area (Å²) in [5, 5.41) is 9.20. The van der Waals surface area contributed by atoms with Gasteiger partial charge in [0.05, 0.1) is 31.5 Å². The van der Waals surface area contributed by atoms with Crippen molar-refractivity contribution in [2.24, 2.45) is 0 Å². The molecule has 1 N–H and O–H groups in total. The van der Waals surface area contributed by atoms with Crippen LogP contribution in [-0.4, -0.2) is 36.6 Å². The molecule has 3 nitrogen and oxygen atoms in total. The van der Waals surface area contributed by atoms with E-state index in [2.05, 4.69) is 0 Å². The summed E-state index contributed by atoms with van der Waals surface area (Å²) in [5.74, 6) is 0. The van der Waals surface area contributed by atoms with E-state index < -0.39 is 0 Å². The topological polar surface area (TPSA) is 38.7 Å². The van der Waals surface area contributed by atoms with Crippen LogP contribution in [0.5, 0.6) is 0 Å². The monoisotopic (exact) mass is 144 g/mol. The summed E-state index contributed by atoms with van der Waals surface area (Å²) in [6.07, 6.45) is 1.65. The van der Waals surface area contributed by atoms with Gasteiger partial charge in [-0.2, -0.15) is 0 Å². The Morgan fingerprint density at radius 3 is 2.00 bits per heavy atom. The molecule has 0 aromatic rings. The van der Waals surface area contributed by atoms with Crippen molar-refractivity contribution in [1.29, 1.82) is 0 Å². The van der Waals surface area contributed by atoms with Crippen LogP contribution in [0.25, 0.3) is 0 Å². The fourth-order valence-corrected chi connectivity index (χ4v) is 1.69. The maximum absolute atomic E-state index is 9.20. The Balaban J connectivity index is 1.97. The number of hydrogen-bond donors (Lipinski definition) is 1. The summed E-state index contributed by atoms with van der Waals surface area (Å²) >= 11 is 0. The minimum Gasteiger partial charge on any atom is -0.393 e. The molecule has 3 atom stereocenters. The zero-order valence-corrected chi connectivity index (χ0v) is 5.82. The molecule has 0 radical (unpaired) electrons. The number of ether oxygens (including phenoxy) is 2. The molecule has 2 fully saturated rings. The molecule has 1 aliphatic carbocycles. The van der Waals surface area contributed by atoms with Crippen molar-refractivity contribution >= 4 is 0 Å². The summed E-state index contributed by atoms with van der Waals surface area (Å²) in [6, 6.07) is 0. The molecule has 58 valence electrons. The standard InChI is InChI=1S/C7H12O3/c8-5-3-6-7(4-5)10-2-1-9-6/h5-8H,1-4H2/t5-,6-,7+. The van der Waals surface area contributed by atoms with Gasteiger partial charge in [0.2, 0.25) is 0 Å². The summed E-state index contributed by atoms with van der Waals surface area (Å²) < 4.78 is 10.8. The van der Waals surface area contributed by atoms with Crippen LogP contribution >= 0.6 is 0 Å². The maximum Gasteiger partial charge on any atom is 0.0863 e. The number of aliphatic hydroxyl groups excluding tert-OH is 1. The summed E-state index contributed by atoms with van der Waals surface area (Å²) in [6.45, 7) is 1.38. The molecule has 0 aromatic heterocycles. The minimum absolute atomic E-state index is 0.170. The maximum atomic E-state index is 9.20. The van der Waals surface area contributed by atoms with Gasteiger partial charge >= 0.3 is 0 Å². The molecule has 1 saturated heterocycles. The molecule has 0 spiro atoms. The molecule has 0 amide bonds. The first kappa shape index (κ1) is 6.58. The molecule has 10 heavy (non-hydrogen) atoms. The third-order valence-corrected chi connectivity index (χ3v) is 2.17. The van der Waals surface area contributed by atoms with Gasteiger partial charge in [0.15, 0.2) is 0 Å². The first-order chi connectivity index (χ1) is 4.86. The number of fused-ring (bicyclic) bond motifs is 1. The summed E-state index contributed by atoms with van der Waals surface area (Å²) in [4.78, 5) is 0. The first-order valence-corrected chi connectivity index (χ1v) is 3.77. The van der Waals surface area contributed by atoms with E-state index in [4.69, 9.17) is 9.47 Å². The second-order valence-corrected chi connectivity index (χ2v) is 2.94. The van der Waals surface area contributed by atoms with E-state index in [1.165, 1.54) is 0 Å². The van der Waals surface area contributed by atoms with Crippen LogP contribution < -0.4 is 0 Å². The fourth-order valence-electron chi connectivity index (χ4n) is 1.69. The molecular formula is C7H12O3. The highest BCUT2D eigenvalue weighted by atomic mass is 16.6. The van der Waals surface area contributed by atoms with Gasteiger partial charge in [-0.1, -0.05) is 0 Å². The van der Waals surface area contributed by atoms with Crippen molar-refractivity contribution in [1.82, 2.24) is 0 Å². The highest BCUT2D eigenvalue weighted by Gasteiger charge is 2.36. The van der Waals surface area contributed by atoms with E-state index in [0.717, 1.165) is 12.8 Å². The molecule has 0 bridgehead atoms. The molecule has 3 heteroatoms. The lowest BCUT2D eigenvalue weighted by Gasteiger charge is -2.25. The molecule has 1 aliphatic heterocycles. The van der Waals surface area contributed by atoms with Crippen molar-refractivity contribution < 1.29 is 14.6 Å². The third-order valence-electron chi connectivity index (χ3n) is 2.17. The normalized spacial score (nSPS) is 47.1. The first-order valence-electron chi connectivity index (χ1n) is 3.77. The SMILES string of the molecule is O[C@H]1C[C@@H]2OCCO[C@@H]2C1. The van der Waals surface area contributed by atoms with Gasteiger partial charge in [-0.05, 0) is 0 Å². The van der Waals surface area contributed by atoms with Crippen LogP contribution in [0, 0.1) is 0 Å². The van der Waals surface area contributed by atoms with Gasteiger partial charge in [-0.3, -0.25) is 0 Å². The Hall–Kier alpha value is -0.120. The van der Waals surface area contributed by atoms with Gasteiger partial charge in [-0.15, -0.1) is 0 Å². The molecule has 1 saturated carbocycles. The lowest BCUT2D eigenvalue weighted by atomic mass is 10.2. The van der Waals surface area contributed by atoms with Crippen LogP contribution in [0.4, 0.5) is 0 Å². The zero-order valence-electron chi connectivity index (χ0n) is 5.82. The summed E-state index contributed by atoms with van der Waals surface area (Å²) in [5.41, 5.74) is 0. The fraction of sp³-hybridized carbons (Fsp3) is 1.00. The molecular weight excluding hydrogens is 132 g/mol. The lowest BCUT2D eigenvalue weighted by Crippen LogP contribution is -2.33. The largest absolute Gasteiger partial charge is 0.393 e. The van der Waals surface area contributed by atoms with E-state index in [0.29, 0.717) is 13.2 Å². The van der Waals surface area contributed by atoms with Crippen LogP contribution in [0.2, 0.25) is 0 Å². The molecule has 0 aromatic carbocycles. The highest BCUT2D eigenvalue weighted by Crippen LogP contribution is 2.27. The van der Waals surface area contributed by atoms with Crippen LogP contribution in [0.3, 0.4) is 0 Å². The predicted octanol–water partition coefficient (Wildman–Crippen LogP) is -0.0749. The number of hydrogen-bond acceptors (Lipinski definition) is 3. The average Bonchev–Trinajstić information content (AvgIpc) is 2.27. The molecule has 2 aliphatic rings. The Morgan fingerprint density at radius 1 is 1.00 bits per heavy atom. The van der Waals surface area contributed by atoms with Gasteiger partial charge < -0.3 is 14.6 Å². The van der Waals surface area contributed by atoms with Crippen molar-refractivity contribution in [3.63, 3.8) is 0 Å². The second-order valence-electron chi connectivity index (χ2n) is 2.94. The van der Waals surface area contributed by atoms with Crippen LogP contribution in [-0.2, 0) is 9.47 Å². The highest BCUT2D eigenvalue weighted by molar-refractivity contribution is 4.86. The van der Waals surface area contributed by atoms with E-state index in [1.807, 2.05) is 0 Å². The third kappa shape index (κ3) is 1.05. The quantitative estimate of drug-likeness (QED) is 0.517. The van der Waals surface area contributed by atoms with Crippen molar-refractivity contribution in [3.8, 4) is 0 Å². The lowest BCUT2D eigenvalue weighted by molar-refractivity contribution is -0.124. The van der Waals surface area contributed by atoms with E-state index in [1.54, 1.807) is 0 Å². The summed E-state index contributed by atoms with van der Waals surface area (Å²) in [7, 11) is 0. The second kappa shape index (κ2) is 2.49. The van der Waals surface area contributed by atoms with E-state index in [-0.39, 0.29) is 18.3 Å². The minimum atomic E-state index is -0.201. The van der Waals surface area contributed by atoms with Gasteiger partial charge in [-0.25, -0.2) is 0 Å². The van der Waals surface area contributed by atoms with E-state index >= 15 is 0 Å². The smallest absolute Gasteiger partial charge is 0.0863 e. The number of rotatable bonds is 0. The van der Waals surface area contributed by atoms with Crippen molar-refractivity contribution in [2.75, 3.05) is 13.2 Å². The zero-order chi connectivity index (χ0) is 6.97. The molecule has 2 rings (SSSR count). The Kier molecular flexibility index (Phi) is 1.64. The van der Waals surface area contributed by atoms with Gasteiger partial charge in [0.1, 0.15) is 0 Å². The average molecular weight is 144 g/mol. The van der Waals surface area contributed by atoms with Gasteiger partial charge in [0.25, 0.3) is 0 Å². The molecule has 0 unspecified atom stereocenters. The molecule has 1 heterocycles. The number of aliphatic hydroxyl groups is 1. The Labute approximate surface area is 59.9 Å².